The number of alkyl halides is 1. The molecule has 1 aromatic carbocycles. The molecule has 0 saturated heterocycles. The number of halogens is 2. The Kier molecular flexibility index (Phi) is 4.46. The summed E-state index contributed by atoms with van der Waals surface area (Å²) in [7, 11) is 0. The van der Waals surface area contributed by atoms with E-state index in [0.717, 1.165) is 24.7 Å². The lowest BCUT2D eigenvalue weighted by molar-refractivity contribution is 0.0599. The topological polar surface area (TPSA) is 20.3 Å². The van der Waals surface area contributed by atoms with Crippen LogP contribution in [0.15, 0.2) is 24.3 Å². The Hall–Kier alpha value is -0.540. The molecule has 1 amide bonds. The van der Waals surface area contributed by atoms with Crippen LogP contribution in [0, 0.1) is 0 Å². The lowest BCUT2D eigenvalue weighted by atomic mass is 9.91. The molecule has 1 aliphatic carbocycles. The van der Waals surface area contributed by atoms with Gasteiger partial charge in [0, 0.05) is 28.5 Å². The number of rotatable bonds is 4. The highest BCUT2D eigenvalue weighted by Gasteiger charge is 2.28. The summed E-state index contributed by atoms with van der Waals surface area (Å²) in [5.74, 6) is 0.0941. The van der Waals surface area contributed by atoms with Crippen LogP contribution in [0.5, 0.6) is 0 Å². The zero-order valence-corrected chi connectivity index (χ0v) is 11.9. The van der Waals surface area contributed by atoms with Gasteiger partial charge in [-0.3, -0.25) is 4.79 Å². The van der Waals surface area contributed by atoms with Gasteiger partial charge in [-0.15, -0.1) is 0 Å². The first-order chi connectivity index (χ1) is 8.22. The van der Waals surface area contributed by atoms with Crippen LogP contribution >= 0.6 is 27.5 Å². The van der Waals surface area contributed by atoms with Gasteiger partial charge in [0.1, 0.15) is 0 Å². The Labute approximate surface area is 115 Å². The first-order valence-corrected chi connectivity index (χ1v) is 7.35. The summed E-state index contributed by atoms with van der Waals surface area (Å²) in [6, 6.07) is 7.59. The molecule has 17 heavy (non-hydrogen) atoms. The molecule has 0 N–H and O–H groups in total. The maximum absolute atomic E-state index is 12.4. The van der Waals surface area contributed by atoms with E-state index in [9.17, 15) is 4.79 Å². The molecule has 0 aliphatic heterocycles. The van der Waals surface area contributed by atoms with Crippen molar-refractivity contribution in [3.8, 4) is 0 Å². The number of amides is 1. The van der Waals surface area contributed by atoms with Gasteiger partial charge in [0.15, 0.2) is 0 Å². The van der Waals surface area contributed by atoms with Crippen molar-refractivity contribution in [3.05, 3.63) is 34.9 Å². The molecule has 0 aromatic heterocycles. The Bertz CT molecular complexity index is 406. The normalized spacial score (nSPS) is 15.4. The molecule has 0 spiro atoms. The Morgan fingerprint density at radius 3 is 2.76 bits per heavy atom. The molecule has 0 radical (unpaired) electrons. The van der Waals surface area contributed by atoms with Gasteiger partial charge < -0.3 is 4.90 Å². The van der Waals surface area contributed by atoms with E-state index in [1.54, 1.807) is 12.1 Å². The van der Waals surface area contributed by atoms with Gasteiger partial charge in [0.05, 0.1) is 0 Å². The number of benzene rings is 1. The molecule has 0 heterocycles. The minimum absolute atomic E-state index is 0.0941. The van der Waals surface area contributed by atoms with Crippen molar-refractivity contribution in [3.63, 3.8) is 0 Å². The van der Waals surface area contributed by atoms with Crippen LogP contribution < -0.4 is 0 Å². The van der Waals surface area contributed by atoms with Crippen LogP contribution in [0.3, 0.4) is 0 Å². The molecular weight excluding hydrogens is 302 g/mol. The highest BCUT2D eigenvalue weighted by Crippen LogP contribution is 2.26. The average molecular weight is 317 g/mol. The summed E-state index contributed by atoms with van der Waals surface area (Å²) in [6.07, 6.45) is 3.48. The van der Waals surface area contributed by atoms with Crippen molar-refractivity contribution in [1.29, 1.82) is 0 Å². The molecule has 2 nitrogen and oxygen atoms in total. The van der Waals surface area contributed by atoms with Crippen LogP contribution in [-0.2, 0) is 0 Å². The van der Waals surface area contributed by atoms with E-state index >= 15 is 0 Å². The molecule has 1 fully saturated rings. The van der Waals surface area contributed by atoms with E-state index in [-0.39, 0.29) is 5.91 Å². The second-order valence-electron chi connectivity index (χ2n) is 4.28. The van der Waals surface area contributed by atoms with E-state index in [2.05, 4.69) is 15.9 Å². The van der Waals surface area contributed by atoms with E-state index in [1.165, 1.54) is 6.42 Å². The second-order valence-corrected chi connectivity index (χ2v) is 5.51. The second kappa shape index (κ2) is 5.87. The number of carbonyl (C=O) groups excluding carboxylic acids is 1. The minimum atomic E-state index is 0.0941. The average Bonchev–Trinajstić information content (AvgIpc) is 2.25. The third-order valence-electron chi connectivity index (χ3n) is 3.17. The molecule has 1 aliphatic rings. The molecule has 2 rings (SSSR count). The summed E-state index contributed by atoms with van der Waals surface area (Å²) in [6.45, 7) is 0.760. The molecular formula is C13H15BrClNO. The molecule has 4 heteroatoms. The molecule has 1 aromatic rings. The molecule has 0 unspecified atom stereocenters. The largest absolute Gasteiger partial charge is 0.335 e. The summed E-state index contributed by atoms with van der Waals surface area (Å²) >= 11 is 9.33. The fourth-order valence-electron chi connectivity index (χ4n) is 2.03. The first kappa shape index (κ1) is 12.9. The summed E-state index contributed by atoms with van der Waals surface area (Å²) in [5, 5.41) is 1.43. The predicted molar refractivity (Wildman–Crippen MR) is 73.9 cm³/mol. The van der Waals surface area contributed by atoms with Crippen molar-refractivity contribution in [1.82, 2.24) is 4.90 Å². The van der Waals surface area contributed by atoms with E-state index < -0.39 is 0 Å². The lowest BCUT2D eigenvalue weighted by Crippen LogP contribution is -2.45. The van der Waals surface area contributed by atoms with Crippen molar-refractivity contribution in [2.24, 2.45) is 0 Å². The van der Waals surface area contributed by atoms with Crippen LogP contribution in [0.1, 0.15) is 29.6 Å². The molecule has 92 valence electrons. The van der Waals surface area contributed by atoms with Gasteiger partial charge >= 0.3 is 0 Å². The molecule has 0 bridgehead atoms. The van der Waals surface area contributed by atoms with Crippen molar-refractivity contribution in [2.75, 3.05) is 11.9 Å². The summed E-state index contributed by atoms with van der Waals surface area (Å²) in [5.41, 5.74) is 0.686. The smallest absolute Gasteiger partial charge is 0.254 e. The number of hydrogen-bond donors (Lipinski definition) is 0. The number of carbonyl (C=O) groups is 1. The first-order valence-electron chi connectivity index (χ1n) is 5.85. The Morgan fingerprint density at radius 2 is 2.24 bits per heavy atom. The fourth-order valence-corrected chi connectivity index (χ4v) is 2.60. The van der Waals surface area contributed by atoms with Gasteiger partial charge in [-0.05, 0) is 37.5 Å². The van der Waals surface area contributed by atoms with E-state index in [1.807, 2.05) is 17.0 Å². The summed E-state index contributed by atoms with van der Waals surface area (Å²) in [4.78, 5) is 14.3. The zero-order valence-electron chi connectivity index (χ0n) is 9.53. The monoisotopic (exact) mass is 315 g/mol. The standard InChI is InChI=1S/C13H15BrClNO/c14-7-8-16(12-5-2-6-12)13(17)10-3-1-4-11(15)9-10/h1,3-4,9,12H,2,5-8H2. The predicted octanol–water partition coefficient (Wildman–Crippen LogP) is 3.73. The van der Waals surface area contributed by atoms with Crippen molar-refractivity contribution < 1.29 is 4.79 Å². The van der Waals surface area contributed by atoms with Gasteiger partial charge in [0.25, 0.3) is 5.91 Å². The highest BCUT2D eigenvalue weighted by atomic mass is 79.9. The summed E-state index contributed by atoms with van der Waals surface area (Å²) < 4.78 is 0. The van der Waals surface area contributed by atoms with Gasteiger partial charge in [0.2, 0.25) is 0 Å². The SMILES string of the molecule is O=C(c1cccc(Cl)c1)N(CCBr)C1CCC1. The zero-order chi connectivity index (χ0) is 12.3. The molecule has 0 atom stereocenters. The van der Waals surface area contributed by atoms with Gasteiger partial charge in [-0.25, -0.2) is 0 Å². The van der Waals surface area contributed by atoms with Crippen LogP contribution in [-0.4, -0.2) is 28.7 Å². The Morgan fingerprint density at radius 1 is 1.47 bits per heavy atom. The van der Waals surface area contributed by atoms with Crippen LogP contribution in [0.2, 0.25) is 5.02 Å². The Balaban J connectivity index is 2.15. The molecule has 1 saturated carbocycles. The van der Waals surface area contributed by atoms with Crippen molar-refractivity contribution >= 4 is 33.4 Å². The van der Waals surface area contributed by atoms with E-state index in [0.29, 0.717) is 16.6 Å². The van der Waals surface area contributed by atoms with E-state index in [4.69, 9.17) is 11.6 Å². The van der Waals surface area contributed by atoms with Gasteiger partial charge in [-0.2, -0.15) is 0 Å². The number of hydrogen-bond acceptors (Lipinski definition) is 1. The third-order valence-corrected chi connectivity index (χ3v) is 3.76. The quantitative estimate of drug-likeness (QED) is 0.775. The van der Waals surface area contributed by atoms with Crippen molar-refractivity contribution in [2.45, 2.75) is 25.3 Å². The number of nitrogens with zero attached hydrogens (tertiary/aromatic N) is 1. The minimum Gasteiger partial charge on any atom is -0.335 e. The van der Waals surface area contributed by atoms with Crippen LogP contribution in [0.4, 0.5) is 0 Å². The maximum atomic E-state index is 12.4. The fraction of sp³-hybridized carbons (Fsp3) is 0.462. The highest BCUT2D eigenvalue weighted by molar-refractivity contribution is 9.09. The van der Waals surface area contributed by atoms with Crippen LogP contribution in [0.25, 0.3) is 0 Å². The third kappa shape index (κ3) is 3.02. The maximum Gasteiger partial charge on any atom is 0.254 e. The lowest BCUT2D eigenvalue weighted by Gasteiger charge is -2.37. The van der Waals surface area contributed by atoms with Gasteiger partial charge in [-0.1, -0.05) is 33.6 Å².